The van der Waals surface area contributed by atoms with Crippen LogP contribution in [0.15, 0.2) is 24.5 Å². The van der Waals surface area contributed by atoms with Crippen molar-refractivity contribution in [3.05, 3.63) is 30.1 Å². The van der Waals surface area contributed by atoms with Crippen LogP contribution in [0.1, 0.15) is 24.4 Å². The van der Waals surface area contributed by atoms with Gasteiger partial charge in [-0.15, -0.1) is 0 Å². The van der Waals surface area contributed by atoms with Crippen LogP contribution in [0.4, 0.5) is 0 Å². The highest BCUT2D eigenvalue weighted by Gasteiger charge is 2.16. The van der Waals surface area contributed by atoms with Gasteiger partial charge in [-0.3, -0.25) is 4.98 Å². The number of nitrogens with zero attached hydrogens (tertiary/aromatic N) is 1. The van der Waals surface area contributed by atoms with E-state index in [2.05, 4.69) is 21.4 Å². The second kappa shape index (κ2) is 3.10. The Morgan fingerprint density at radius 3 is 3.29 bits per heavy atom. The Kier molecular flexibility index (Phi) is 1.77. The number of nitrogens with one attached hydrogen (secondary N) is 2. The summed E-state index contributed by atoms with van der Waals surface area (Å²) in [7, 11) is 0. The number of hydrogen-bond donors (Lipinski definition) is 2. The van der Waals surface area contributed by atoms with Gasteiger partial charge < -0.3 is 10.3 Å². The van der Waals surface area contributed by atoms with Gasteiger partial charge in [0, 0.05) is 18.4 Å². The van der Waals surface area contributed by atoms with Crippen molar-refractivity contribution in [2.45, 2.75) is 18.9 Å². The summed E-state index contributed by atoms with van der Waals surface area (Å²) in [5.74, 6) is 0. The molecule has 0 amide bonds. The third-order valence-corrected chi connectivity index (χ3v) is 2.88. The molecule has 1 atom stereocenters. The van der Waals surface area contributed by atoms with Gasteiger partial charge in [-0.25, -0.2) is 0 Å². The maximum absolute atomic E-state index is 4.41. The average molecular weight is 187 g/mol. The number of H-pyrrole nitrogens is 1. The van der Waals surface area contributed by atoms with Gasteiger partial charge in [0.05, 0.1) is 11.0 Å². The van der Waals surface area contributed by atoms with Gasteiger partial charge in [-0.2, -0.15) is 0 Å². The lowest BCUT2D eigenvalue weighted by Gasteiger charge is -2.09. The Morgan fingerprint density at radius 2 is 2.43 bits per heavy atom. The number of fused-ring (bicyclic) bond motifs is 1. The zero-order chi connectivity index (χ0) is 9.38. The van der Waals surface area contributed by atoms with Crippen molar-refractivity contribution in [3.8, 4) is 0 Å². The van der Waals surface area contributed by atoms with Crippen molar-refractivity contribution in [2.75, 3.05) is 6.54 Å². The zero-order valence-electron chi connectivity index (χ0n) is 7.96. The first-order chi connectivity index (χ1) is 6.93. The molecule has 14 heavy (non-hydrogen) atoms. The Balaban J connectivity index is 2.04. The summed E-state index contributed by atoms with van der Waals surface area (Å²) < 4.78 is 0. The predicted molar refractivity (Wildman–Crippen MR) is 56.1 cm³/mol. The van der Waals surface area contributed by atoms with Gasteiger partial charge >= 0.3 is 0 Å². The maximum Gasteiger partial charge on any atom is 0.0878 e. The summed E-state index contributed by atoms with van der Waals surface area (Å²) in [6.45, 7) is 1.13. The molecular weight excluding hydrogens is 174 g/mol. The van der Waals surface area contributed by atoms with Crippen molar-refractivity contribution >= 4 is 11.0 Å². The van der Waals surface area contributed by atoms with Crippen LogP contribution in [0, 0.1) is 0 Å². The van der Waals surface area contributed by atoms with Crippen LogP contribution in [0.2, 0.25) is 0 Å². The van der Waals surface area contributed by atoms with Crippen LogP contribution in [0.3, 0.4) is 0 Å². The summed E-state index contributed by atoms with van der Waals surface area (Å²) in [4.78, 5) is 7.61. The SMILES string of the molecule is c1cc2ncc([C@@H]3CCCN3)cc2[nH]1. The van der Waals surface area contributed by atoms with Crippen LogP contribution in [-0.2, 0) is 0 Å². The molecule has 0 radical (unpaired) electrons. The molecule has 0 saturated carbocycles. The number of rotatable bonds is 1. The van der Waals surface area contributed by atoms with E-state index in [4.69, 9.17) is 0 Å². The zero-order valence-corrected chi connectivity index (χ0v) is 7.96. The lowest BCUT2D eigenvalue weighted by molar-refractivity contribution is 0.646. The molecule has 3 rings (SSSR count). The van der Waals surface area contributed by atoms with Crippen LogP contribution < -0.4 is 5.32 Å². The first kappa shape index (κ1) is 8.00. The molecule has 1 saturated heterocycles. The molecule has 1 aliphatic heterocycles. The summed E-state index contributed by atoms with van der Waals surface area (Å²) in [5, 5.41) is 3.48. The highest BCUT2D eigenvalue weighted by molar-refractivity contribution is 5.75. The van der Waals surface area contributed by atoms with Crippen molar-refractivity contribution in [3.63, 3.8) is 0 Å². The maximum atomic E-state index is 4.41. The lowest BCUT2D eigenvalue weighted by atomic mass is 10.1. The van der Waals surface area contributed by atoms with Gasteiger partial charge in [-0.1, -0.05) is 0 Å². The Labute approximate surface area is 82.5 Å². The molecule has 3 heterocycles. The quantitative estimate of drug-likeness (QED) is 0.716. The molecule has 0 unspecified atom stereocenters. The molecule has 3 heteroatoms. The monoisotopic (exact) mass is 187 g/mol. The van der Waals surface area contributed by atoms with E-state index in [0.717, 1.165) is 17.6 Å². The highest BCUT2D eigenvalue weighted by Crippen LogP contribution is 2.24. The molecule has 1 aliphatic rings. The van der Waals surface area contributed by atoms with Crippen LogP contribution in [0.5, 0.6) is 0 Å². The van der Waals surface area contributed by atoms with Gasteiger partial charge in [0.15, 0.2) is 0 Å². The topological polar surface area (TPSA) is 40.7 Å². The smallest absolute Gasteiger partial charge is 0.0878 e. The fraction of sp³-hybridized carbons (Fsp3) is 0.364. The largest absolute Gasteiger partial charge is 0.360 e. The first-order valence-electron chi connectivity index (χ1n) is 5.10. The van der Waals surface area contributed by atoms with Gasteiger partial charge in [0.1, 0.15) is 0 Å². The predicted octanol–water partition coefficient (Wildman–Crippen LogP) is 1.99. The van der Waals surface area contributed by atoms with Gasteiger partial charge in [0.2, 0.25) is 0 Å². The Bertz CT molecular complexity index is 440. The second-order valence-electron chi connectivity index (χ2n) is 3.83. The van der Waals surface area contributed by atoms with E-state index < -0.39 is 0 Å². The molecule has 2 aromatic rings. The summed E-state index contributed by atoms with van der Waals surface area (Å²) in [5.41, 5.74) is 3.49. The summed E-state index contributed by atoms with van der Waals surface area (Å²) >= 11 is 0. The normalized spacial score (nSPS) is 21.9. The lowest BCUT2D eigenvalue weighted by Crippen LogP contribution is -2.12. The molecule has 2 N–H and O–H groups in total. The van der Waals surface area contributed by atoms with E-state index in [1.165, 1.54) is 18.4 Å². The molecule has 0 bridgehead atoms. The number of pyridine rings is 1. The molecule has 0 aromatic carbocycles. The molecule has 0 spiro atoms. The third-order valence-electron chi connectivity index (χ3n) is 2.88. The molecule has 72 valence electrons. The van der Waals surface area contributed by atoms with E-state index in [0.29, 0.717) is 6.04 Å². The molecular formula is C11H13N3. The average Bonchev–Trinajstić information content (AvgIpc) is 2.88. The van der Waals surface area contributed by atoms with Gasteiger partial charge in [0.25, 0.3) is 0 Å². The van der Waals surface area contributed by atoms with Crippen molar-refractivity contribution in [2.24, 2.45) is 0 Å². The van der Waals surface area contributed by atoms with Crippen LogP contribution in [-0.4, -0.2) is 16.5 Å². The molecule has 2 aromatic heterocycles. The Morgan fingerprint density at radius 1 is 1.43 bits per heavy atom. The molecule has 1 fully saturated rings. The van der Waals surface area contributed by atoms with Crippen LogP contribution >= 0.6 is 0 Å². The number of aromatic amines is 1. The fourth-order valence-corrected chi connectivity index (χ4v) is 2.11. The fourth-order valence-electron chi connectivity index (χ4n) is 2.11. The molecule has 3 nitrogen and oxygen atoms in total. The van der Waals surface area contributed by atoms with E-state index >= 15 is 0 Å². The number of hydrogen-bond acceptors (Lipinski definition) is 2. The highest BCUT2D eigenvalue weighted by atomic mass is 14.9. The minimum absolute atomic E-state index is 0.509. The summed E-state index contributed by atoms with van der Waals surface area (Å²) in [6.07, 6.45) is 6.42. The second-order valence-corrected chi connectivity index (χ2v) is 3.83. The van der Waals surface area contributed by atoms with Crippen molar-refractivity contribution < 1.29 is 0 Å². The minimum atomic E-state index is 0.509. The van der Waals surface area contributed by atoms with E-state index in [-0.39, 0.29) is 0 Å². The first-order valence-corrected chi connectivity index (χ1v) is 5.10. The van der Waals surface area contributed by atoms with E-state index in [9.17, 15) is 0 Å². The third kappa shape index (κ3) is 1.21. The number of aromatic nitrogens is 2. The van der Waals surface area contributed by atoms with Crippen LogP contribution in [0.25, 0.3) is 11.0 Å². The Hall–Kier alpha value is -1.35. The van der Waals surface area contributed by atoms with Gasteiger partial charge in [-0.05, 0) is 37.1 Å². The standard InChI is InChI=1S/C11H13N3/c1-2-9(12-4-1)8-6-11-10(14-7-8)3-5-13-11/h3,5-7,9,12-13H,1-2,4H2/t9-/m0/s1. The van der Waals surface area contributed by atoms with Crippen molar-refractivity contribution in [1.29, 1.82) is 0 Å². The van der Waals surface area contributed by atoms with E-state index in [1.54, 1.807) is 0 Å². The molecule has 0 aliphatic carbocycles. The summed E-state index contributed by atoms with van der Waals surface area (Å²) in [6, 6.07) is 4.71. The van der Waals surface area contributed by atoms with Crippen molar-refractivity contribution in [1.82, 2.24) is 15.3 Å². The van der Waals surface area contributed by atoms with E-state index in [1.807, 2.05) is 18.5 Å². The minimum Gasteiger partial charge on any atom is -0.360 e.